The Hall–Kier alpha value is -1.37. The summed E-state index contributed by atoms with van der Waals surface area (Å²) in [5.74, 6) is 0. The van der Waals surface area contributed by atoms with Gasteiger partial charge in [-0.25, -0.2) is 8.42 Å². The topological polar surface area (TPSA) is 83.6 Å². The molecule has 0 unspecified atom stereocenters. The van der Waals surface area contributed by atoms with E-state index in [0.717, 1.165) is 12.0 Å². The summed E-state index contributed by atoms with van der Waals surface area (Å²) in [6.07, 6.45) is 2.23. The Bertz CT molecular complexity index is 541. The normalized spacial score (nSPS) is 11.7. The monoisotopic (exact) mass is 284 g/mol. The zero-order valence-corrected chi connectivity index (χ0v) is 11.9. The minimum Gasteiger partial charge on any atom is -0.398 e. The number of nitrogens with zero attached hydrogens (tertiary/aromatic N) is 1. The number of aliphatic hydroxyl groups excluding tert-OH is 1. The number of aliphatic hydroxyl groups is 1. The Labute approximate surface area is 114 Å². The molecular formula is C13H20N2O3S. The van der Waals surface area contributed by atoms with Crippen LogP contribution in [-0.2, 0) is 16.4 Å². The molecule has 1 aromatic rings. The lowest BCUT2D eigenvalue weighted by Crippen LogP contribution is -2.33. The minimum absolute atomic E-state index is 0.0315. The lowest BCUT2D eigenvalue weighted by Gasteiger charge is -2.20. The number of anilines is 1. The van der Waals surface area contributed by atoms with Crippen LogP contribution in [0.1, 0.15) is 12.5 Å². The van der Waals surface area contributed by atoms with Gasteiger partial charge in [-0.1, -0.05) is 19.1 Å². The fraction of sp³-hybridized carbons (Fsp3) is 0.385. The highest BCUT2D eigenvalue weighted by atomic mass is 32.2. The van der Waals surface area contributed by atoms with E-state index >= 15 is 0 Å². The summed E-state index contributed by atoms with van der Waals surface area (Å²) in [7, 11) is -3.65. The Morgan fingerprint density at radius 1 is 1.47 bits per heavy atom. The molecule has 0 fully saturated rings. The molecule has 0 saturated heterocycles. The van der Waals surface area contributed by atoms with Crippen molar-refractivity contribution in [2.24, 2.45) is 0 Å². The van der Waals surface area contributed by atoms with Crippen molar-refractivity contribution in [1.82, 2.24) is 4.31 Å². The summed E-state index contributed by atoms with van der Waals surface area (Å²) in [4.78, 5) is 0.137. The van der Waals surface area contributed by atoms with Crippen LogP contribution in [0.4, 0.5) is 5.69 Å². The molecule has 0 heterocycles. The fourth-order valence-electron chi connectivity index (χ4n) is 1.77. The van der Waals surface area contributed by atoms with Crippen LogP contribution < -0.4 is 5.73 Å². The highest BCUT2D eigenvalue weighted by molar-refractivity contribution is 7.89. The van der Waals surface area contributed by atoms with Crippen LogP contribution in [0.3, 0.4) is 0 Å². The zero-order chi connectivity index (χ0) is 14.5. The van der Waals surface area contributed by atoms with Crippen molar-refractivity contribution in [2.45, 2.75) is 18.2 Å². The van der Waals surface area contributed by atoms with Gasteiger partial charge < -0.3 is 10.8 Å². The van der Waals surface area contributed by atoms with Gasteiger partial charge in [0, 0.05) is 18.8 Å². The van der Waals surface area contributed by atoms with Gasteiger partial charge in [-0.15, -0.1) is 6.58 Å². The molecule has 5 nitrogen and oxygen atoms in total. The number of rotatable bonds is 7. The van der Waals surface area contributed by atoms with Gasteiger partial charge in [0.05, 0.1) is 11.5 Å². The summed E-state index contributed by atoms with van der Waals surface area (Å²) in [5.41, 5.74) is 7.20. The Kier molecular flexibility index (Phi) is 5.53. The van der Waals surface area contributed by atoms with Crippen molar-refractivity contribution in [3.63, 3.8) is 0 Å². The molecule has 0 aliphatic rings. The second kappa shape index (κ2) is 6.70. The van der Waals surface area contributed by atoms with Crippen LogP contribution in [0.2, 0.25) is 0 Å². The molecule has 0 spiro atoms. The fourth-order valence-corrected chi connectivity index (χ4v) is 3.21. The second-order valence-electron chi connectivity index (χ2n) is 4.09. The van der Waals surface area contributed by atoms with Gasteiger partial charge in [0.15, 0.2) is 0 Å². The summed E-state index contributed by atoms with van der Waals surface area (Å²) >= 11 is 0. The largest absolute Gasteiger partial charge is 0.398 e. The molecular weight excluding hydrogens is 264 g/mol. The standard InChI is InChI=1S/C13H20N2O3S/c1-3-7-15(8-9-16)19(17,18)12-6-5-11(4-2)13(14)10-12/h3,5-6,10,16H,1,4,7-9,14H2,2H3. The van der Waals surface area contributed by atoms with Gasteiger partial charge in [-0.05, 0) is 24.1 Å². The summed E-state index contributed by atoms with van der Waals surface area (Å²) < 4.78 is 25.9. The SMILES string of the molecule is C=CCN(CCO)S(=O)(=O)c1ccc(CC)c(N)c1. The molecule has 3 N–H and O–H groups in total. The Balaban J connectivity index is 3.17. The van der Waals surface area contributed by atoms with Crippen LogP contribution >= 0.6 is 0 Å². The average Bonchev–Trinajstić information content (AvgIpc) is 2.38. The van der Waals surface area contributed by atoms with Crippen molar-refractivity contribution < 1.29 is 13.5 Å². The second-order valence-corrected chi connectivity index (χ2v) is 6.03. The van der Waals surface area contributed by atoms with Crippen LogP contribution in [0, 0.1) is 0 Å². The van der Waals surface area contributed by atoms with Gasteiger partial charge >= 0.3 is 0 Å². The van der Waals surface area contributed by atoms with Gasteiger partial charge in [-0.2, -0.15) is 4.31 Å². The first-order valence-corrected chi connectivity index (χ1v) is 7.51. The van der Waals surface area contributed by atoms with Crippen molar-refractivity contribution in [3.05, 3.63) is 36.4 Å². The molecule has 0 bridgehead atoms. The summed E-state index contributed by atoms with van der Waals surface area (Å²) in [5, 5.41) is 8.95. The number of sulfonamides is 1. The van der Waals surface area contributed by atoms with E-state index in [2.05, 4.69) is 6.58 Å². The van der Waals surface area contributed by atoms with E-state index in [9.17, 15) is 8.42 Å². The van der Waals surface area contributed by atoms with Crippen molar-refractivity contribution in [3.8, 4) is 0 Å². The molecule has 0 atom stereocenters. The first kappa shape index (κ1) is 15.7. The first-order valence-electron chi connectivity index (χ1n) is 6.07. The maximum Gasteiger partial charge on any atom is 0.243 e. The molecule has 0 radical (unpaired) electrons. The number of hydrogen-bond donors (Lipinski definition) is 2. The van der Waals surface area contributed by atoms with Gasteiger partial charge in [-0.3, -0.25) is 0 Å². The molecule has 0 aliphatic carbocycles. The molecule has 0 saturated carbocycles. The Morgan fingerprint density at radius 3 is 2.63 bits per heavy atom. The molecule has 19 heavy (non-hydrogen) atoms. The number of nitrogen functional groups attached to an aromatic ring is 1. The number of nitrogens with two attached hydrogens (primary N) is 1. The smallest absolute Gasteiger partial charge is 0.243 e. The van der Waals surface area contributed by atoms with E-state index in [0.29, 0.717) is 5.69 Å². The minimum atomic E-state index is -3.65. The predicted octanol–water partition coefficient (Wildman–Crippen LogP) is 1.00. The van der Waals surface area contributed by atoms with Crippen molar-refractivity contribution in [1.29, 1.82) is 0 Å². The van der Waals surface area contributed by atoms with Crippen LogP contribution in [0.5, 0.6) is 0 Å². The lowest BCUT2D eigenvalue weighted by atomic mass is 10.1. The van der Waals surface area contributed by atoms with E-state index in [1.807, 2.05) is 6.92 Å². The average molecular weight is 284 g/mol. The maximum absolute atomic E-state index is 12.4. The van der Waals surface area contributed by atoms with E-state index < -0.39 is 10.0 Å². The molecule has 0 aromatic heterocycles. The zero-order valence-electron chi connectivity index (χ0n) is 11.0. The number of aryl methyl sites for hydroxylation is 1. The summed E-state index contributed by atoms with van der Waals surface area (Å²) in [6.45, 7) is 5.42. The quantitative estimate of drug-likeness (QED) is 0.578. The van der Waals surface area contributed by atoms with Crippen molar-refractivity contribution >= 4 is 15.7 Å². The number of benzene rings is 1. The van der Waals surface area contributed by atoms with Gasteiger partial charge in [0.25, 0.3) is 0 Å². The maximum atomic E-state index is 12.4. The van der Waals surface area contributed by atoms with Crippen LogP contribution in [0.25, 0.3) is 0 Å². The first-order chi connectivity index (χ1) is 8.97. The van der Waals surface area contributed by atoms with Gasteiger partial charge in [0.2, 0.25) is 10.0 Å². The molecule has 0 amide bonds. The van der Waals surface area contributed by atoms with Crippen LogP contribution in [0.15, 0.2) is 35.7 Å². The van der Waals surface area contributed by atoms with Gasteiger partial charge in [0.1, 0.15) is 0 Å². The third-order valence-corrected chi connectivity index (χ3v) is 4.68. The summed E-state index contributed by atoms with van der Waals surface area (Å²) in [6, 6.07) is 4.72. The van der Waals surface area contributed by atoms with Crippen LogP contribution in [-0.4, -0.2) is 37.5 Å². The molecule has 0 aliphatic heterocycles. The number of hydrogen-bond acceptors (Lipinski definition) is 4. The van der Waals surface area contributed by atoms with E-state index in [-0.39, 0.29) is 24.6 Å². The van der Waals surface area contributed by atoms with E-state index in [4.69, 9.17) is 10.8 Å². The molecule has 1 aromatic carbocycles. The van der Waals surface area contributed by atoms with Crippen molar-refractivity contribution in [2.75, 3.05) is 25.4 Å². The van der Waals surface area contributed by atoms with E-state index in [1.54, 1.807) is 6.07 Å². The highest BCUT2D eigenvalue weighted by Gasteiger charge is 2.23. The Morgan fingerprint density at radius 2 is 2.16 bits per heavy atom. The molecule has 106 valence electrons. The molecule has 6 heteroatoms. The molecule has 1 rings (SSSR count). The third kappa shape index (κ3) is 3.56. The predicted molar refractivity (Wildman–Crippen MR) is 76.3 cm³/mol. The lowest BCUT2D eigenvalue weighted by molar-refractivity contribution is 0.260. The highest BCUT2D eigenvalue weighted by Crippen LogP contribution is 2.21. The third-order valence-electron chi connectivity index (χ3n) is 2.82. The van der Waals surface area contributed by atoms with E-state index in [1.165, 1.54) is 22.5 Å².